The summed E-state index contributed by atoms with van der Waals surface area (Å²) in [6, 6.07) is 15.3. The van der Waals surface area contributed by atoms with Gasteiger partial charge in [-0.1, -0.05) is 30.3 Å². The number of carbonyl (C=O) groups excluding carboxylic acids is 1. The van der Waals surface area contributed by atoms with Gasteiger partial charge >= 0.3 is 0 Å². The van der Waals surface area contributed by atoms with Crippen LogP contribution in [0.5, 0.6) is 5.75 Å². The number of carbonyl (C=O) groups is 1. The van der Waals surface area contributed by atoms with Crippen LogP contribution in [-0.2, 0) is 14.6 Å². The van der Waals surface area contributed by atoms with Crippen LogP contribution in [0.3, 0.4) is 0 Å². The first-order valence-electron chi connectivity index (χ1n) is 8.23. The van der Waals surface area contributed by atoms with Crippen molar-refractivity contribution in [3.8, 4) is 5.75 Å². The van der Waals surface area contributed by atoms with Gasteiger partial charge in [0.05, 0.1) is 12.0 Å². The predicted molar refractivity (Wildman–Crippen MR) is 95.1 cm³/mol. The highest BCUT2D eigenvalue weighted by atomic mass is 32.2. The highest BCUT2D eigenvalue weighted by molar-refractivity contribution is 7.91. The van der Waals surface area contributed by atoms with Crippen molar-refractivity contribution in [2.24, 2.45) is 5.92 Å². The van der Waals surface area contributed by atoms with E-state index in [2.05, 4.69) is 5.32 Å². The van der Waals surface area contributed by atoms with Gasteiger partial charge in [0.15, 0.2) is 9.84 Å². The normalized spacial score (nSPS) is 15.4. The highest BCUT2D eigenvalue weighted by Gasteiger charge is 2.33. The van der Waals surface area contributed by atoms with Crippen molar-refractivity contribution < 1.29 is 17.9 Å². The SMILES string of the molecule is COc1ccc(S(=O)(=O)C(CNC(=O)C2CC2)c2ccccc2)cc1. The molecule has 2 aromatic rings. The molecule has 0 heterocycles. The van der Waals surface area contributed by atoms with Crippen molar-refractivity contribution in [1.29, 1.82) is 0 Å². The van der Waals surface area contributed by atoms with Crippen LogP contribution < -0.4 is 10.1 Å². The van der Waals surface area contributed by atoms with Crippen LogP contribution in [0.2, 0.25) is 0 Å². The fourth-order valence-electron chi connectivity index (χ4n) is 2.69. The first-order chi connectivity index (χ1) is 12.0. The first-order valence-corrected chi connectivity index (χ1v) is 9.77. The molecule has 0 radical (unpaired) electrons. The zero-order chi connectivity index (χ0) is 17.9. The lowest BCUT2D eigenvalue weighted by molar-refractivity contribution is -0.122. The molecule has 5 nitrogen and oxygen atoms in total. The number of methoxy groups -OCH3 is 1. The van der Waals surface area contributed by atoms with Gasteiger partial charge in [-0.25, -0.2) is 8.42 Å². The summed E-state index contributed by atoms with van der Waals surface area (Å²) >= 11 is 0. The van der Waals surface area contributed by atoms with Gasteiger partial charge in [-0.15, -0.1) is 0 Å². The molecule has 0 aromatic heterocycles. The summed E-state index contributed by atoms with van der Waals surface area (Å²) in [6.07, 6.45) is 1.76. The summed E-state index contributed by atoms with van der Waals surface area (Å²) in [7, 11) is -2.12. The number of amides is 1. The number of nitrogens with one attached hydrogen (secondary N) is 1. The van der Waals surface area contributed by atoms with Crippen molar-refractivity contribution in [2.45, 2.75) is 23.0 Å². The quantitative estimate of drug-likeness (QED) is 0.825. The van der Waals surface area contributed by atoms with E-state index in [9.17, 15) is 13.2 Å². The molecule has 1 amide bonds. The van der Waals surface area contributed by atoms with Crippen LogP contribution in [0.4, 0.5) is 0 Å². The Morgan fingerprint density at radius 2 is 1.76 bits per heavy atom. The molecule has 2 aromatic carbocycles. The highest BCUT2D eigenvalue weighted by Crippen LogP contribution is 2.31. The van der Waals surface area contributed by atoms with Crippen LogP contribution in [0.1, 0.15) is 23.7 Å². The third-order valence-electron chi connectivity index (χ3n) is 4.34. The summed E-state index contributed by atoms with van der Waals surface area (Å²) in [5.74, 6) is 0.572. The molecule has 1 saturated carbocycles. The molecule has 0 spiro atoms. The molecule has 1 aliphatic carbocycles. The maximum Gasteiger partial charge on any atom is 0.223 e. The minimum Gasteiger partial charge on any atom is -0.497 e. The van der Waals surface area contributed by atoms with Crippen LogP contribution in [0.15, 0.2) is 59.5 Å². The molecule has 0 aliphatic heterocycles. The average molecular weight is 359 g/mol. The molecule has 1 N–H and O–H groups in total. The van der Waals surface area contributed by atoms with E-state index in [4.69, 9.17) is 4.74 Å². The van der Waals surface area contributed by atoms with Crippen molar-refractivity contribution in [3.63, 3.8) is 0 Å². The Hall–Kier alpha value is -2.34. The Morgan fingerprint density at radius 3 is 2.32 bits per heavy atom. The van der Waals surface area contributed by atoms with E-state index >= 15 is 0 Å². The molecule has 25 heavy (non-hydrogen) atoms. The molecule has 1 fully saturated rings. The van der Waals surface area contributed by atoms with Crippen molar-refractivity contribution in [3.05, 3.63) is 60.2 Å². The Kier molecular flexibility index (Phi) is 5.08. The number of benzene rings is 2. The molecule has 6 heteroatoms. The standard InChI is InChI=1S/C19H21NO4S/c1-24-16-9-11-17(12-10-16)25(22,23)18(14-5-3-2-4-6-14)13-20-19(21)15-7-8-15/h2-6,9-12,15,18H,7-8,13H2,1H3,(H,20,21). The molecule has 1 atom stereocenters. The lowest BCUT2D eigenvalue weighted by Gasteiger charge is -2.19. The second-order valence-electron chi connectivity index (χ2n) is 6.14. The maximum atomic E-state index is 13.1. The minimum atomic E-state index is -3.65. The molecule has 1 aliphatic rings. The van der Waals surface area contributed by atoms with E-state index in [1.54, 1.807) is 36.4 Å². The van der Waals surface area contributed by atoms with Crippen molar-refractivity contribution in [1.82, 2.24) is 5.32 Å². The van der Waals surface area contributed by atoms with E-state index in [-0.39, 0.29) is 23.3 Å². The van der Waals surface area contributed by atoms with Crippen LogP contribution >= 0.6 is 0 Å². The number of rotatable bonds is 7. The first kappa shape index (κ1) is 17.5. The maximum absolute atomic E-state index is 13.1. The Morgan fingerprint density at radius 1 is 1.12 bits per heavy atom. The average Bonchev–Trinajstić information content (AvgIpc) is 3.48. The lowest BCUT2D eigenvalue weighted by Crippen LogP contribution is -2.32. The zero-order valence-electron chi connectivity index (χ0n) is 14.0. The smallest absolute Gasteiger partial charge is 0.223 e. The Bertz CT molecular complexity index is 827. The van der Waals surface area contributed by atoms with E-state index in [0.717, 1.165) is 12.8 Å². The molecular formula is C19H21NO4S. The summed E-state index contributed by atoms with van der Waals surface area (Å²) < 4.78 is 31.4. The van der Waals surface area contributed by atoms with Gasteiger partial charge in [0.2, 0.25) is 5.91 Å². The molecule has 0 bridgehead atoms. The minimum absolute atomic E-state index is 0.0418. The molecule has 0 saturated heterocycles. The van der Waals surface area contributed by atoms with E-state index in [1.165, 1.54) is 19.2 Å². The van der Waals surface area contributed by atoms with Crippen molar-refractivity contribution >= 4 is 15.7 Å². The Labute approximate surface area is 147 Å². The molecule has 3 rings (SSSR count). The number of hydrogen-bond acceptors (Lipinski definition) is 4. The number of ether oxygens (including phenoxy) is 1. The molecule has 132 valence electrons. The van der Waals surface area contributed by atoms with Crippen molar-refractivity contribution in [2.75, 3.05) is 13.7 Å². The van der Waals surface area contributed by atoms with Gasteiger partial charge < -0.3 is 10.1 Å². The monoisotopic (exact) mass is 359 g/mol. The zero-order valence-corrected chi connectivity index (χ0v) is 14.8. The number of hydrogen-bond donors (Lipinski definition) is 1. The van der Waals surface area contributed by atoms with Gasteiger partial charge in [0.1, 0.15) is 11.0 Å². The predicted octanol–water partition coefficient (Wildman–Crippen LogP) is 2.74. The van der Waals surface area contributed by atoms with Crippen LogP contribution in [0.25, 0.3) is 0 Å². The van der Waals surface area contributed by atoms with Gasteiger partial charge in [-0.3, -0.25) is 4.79 Å². The van der Waals surface area contributed by atoms with E-state index in [1.807, 2.05) is 6.07 Å². The van der Waals surface area contributed by atoms with Gasteiger partial charge in [0.25, 0.3) is 0 Å². The van der Waals surface area contributed by atoms with Crippen LogP contribution in [0, 0.1) is 5.92 Å². The lowest BCUT2D eigenvalue weighted by atomic mass is 10.1. The topological polar surface area (TPSA) is 72.5 Å². The summed E-state index contributed by atoms with van der Waals surface area (Å²) in [5, 5.41) is 1.97. The Balaban J connectivity index is 1.89. The van der Waals surface area contributed by atoms with E-state index < -0.39 is 15.1 Å². The summed E-state index contributed by atoms with van der Waals surface area (Å²) in [6.45, 7) is 0.0632. The second-order valence-corrected chi connectivity index (χ2v) is 8.27. The molecular weight excluding hydrogens is 338 g/mol. The van der Waals surface area contributed by atoms with Gasteiger partial charge in [-0.05, 0) is 42.7 Å². The van der Waals surface area contributed by atoms with E-state index in [0.29, 0.717) is 11.3 Å². The van der Waals surface area contributed by atoms with Gasteiger partial charge in [-0.2, -0.15) is 0 Å². The molecule has 1 unspecified atom stereocenters. The summed E-state index contributed by atoms with van der Waals surface area (Å²) in [5.41, 5.74) is 0.661. The third kappa shape index (κ3) is 4.02. The van der Waals surface area contributed by atoms with Gasteiger partial charge in [0, 0.05) is 12.5 Å². The second kappa shape index (κ2) is 7.27. The fourth-order valence-corrected chi connectivity index (χ4v) is 4.35. The largest absolute Gasteiger partial charge is 0.497 e. The third-order valence-corrected chi connectivity index (χ3v) is 6.46. The summed E-state index contributed by atoms with van der Waals surface area (Å²) in [4.78, 5) is 12.2. The fraction of sp³-hybridized carbons (Fsp3) is 0.316. The number of sulfone groups is 1. The van der Waals surface area contributed by atoms with Crippen LogP contribution in [-0.4, -0.2) is 28.0 Å².